The van der Waals surface area contributed by atoms with Crippen LogP contribution in [0.4, 0.5) is 0 Å². The number of carbonyl (C=O) groups is 1. The van der Waals surface area contributed by atoms with Crippen LogP contribution in [0.15, 0.2) is 6.33 Å². The molecule has 1 fully saturated rings. The maximum absolute atomic E-state index is 12.0. The number of nitriles is 1. The molecule has 0 aliphatic carbocycles. The van der Waals surface area contributed by atoms with Gasteiger partial charge in [0, 0.05) is 13.1 Å². The predicted molar refractivity (Wildman–Crippen MR) is 59.7 cm³/mol. The van der Waals surface area contributed by atoms with Gasteiger partial charge in [-0.3, -0.25) is 4.79 Å². The number of carbonyl (C=O) groups excluding carboxylic acids is 1. The van der Waals surface area contributed by atoms with Gasteiger partial charge in [-0.2, -0.15) is 5.26 Å². The molecule has 0 bridgehead atoms. The van der Waals surface area contributed by atoms with Crippen molar-refractivity contribution in [2.24, 2.45) is 5.92 Å². The number of amides is 1. The lowest BCUT2D eigenvalue weighted by Crippen LogP contribution is -2.40. The zero-order valence-corrected chi connectivity index (χ0v) is 9.83. The molecule has 0 unspecified atom stereocenters. The topological polar surface area (TPSA) is 74.8 Å². The Hall–Kier alpha value is -1.90. The van der Waals surface area contributed by atoms with Crippen LogP contribution >= 0.6 is 0 Å². The number of aromatic nitrogens is 3. The molecule has 2 rings (SSSR count). The minimum absolute atomic E-state index is 0.0472. The van der Waals surface area contributed by atoms with E-state index in [-0.39, 0.29) is 18.3 Å². The lowest BCUT2D eigenvalue weighted by molar-refractivity contribution is -0.133. The minimum atomic E-state index is 0.0472. The standard InChI is InChI=1S/C11H15N5O/c1-9-3-2-4-15(6-9)11(17)7-16-8-13-10(5-12)14-16/h8-9H,2-4,6-7H2,1H3/t9-/m0/s1. The van der Waals surface area contributed by atoms with E-state index in [2.05, 4.69) is 17.0 Å². The third-order valence-electron chi connectivity index (χ3n) is 2.94. The third-order valence-corrected chi connectivity index (χ3v) is 2.94. The van der Waals surface area contributed by atoms with E-state index >= 15 is 0 Å². The van der Waals surface area contributed by atoms with Gasteiger partial charge in [-0.05, 0) is 18.8 Å². The van der Waals surface area contributed by atoms with Crippen LogP contribution < -0.4 is 0 Å². The van der Waals surface area contributed by atoms with Crippen molar-refractivity contribution in [3.8, 4) is 6.07 Å². The summed E-state index contributed by atoms with van der Waals surface area (Å²) in [6.07, 6.45) is 3.67. The summed E-state index contributed by atoms with van der Waals surface area (Å²) in [5.41, 5.74) is 0. The second kappa shape index (κ2) is 4.95. The highest BCUT2D eigenvalue weighted by atomic mass is 16.2. The Labute approximate surface area is 99.9 Å². The lowest BCUT2D eigenvalue weighted by Gasteiger charge is -2.30. The quantitative estimate of drug-likeness (QED) is 0.741. The predicted octanol–water partition coefficient (Wildman–Crippen LogP) is 0.408. The molecule has 0 aromatic carbocycles. The lowest BCUT2D eigenvalue weighted by atomic mass is 10.0. The van der Waals surface area contributed by atoms with Crippen molar-refractivity contribution in [2.75, 3.05) is 13.1 Å². The van der Waals surface area contributed by atoms with E-state index < -0.39 is 0 Å². The van der Waals surface area contributed by atoms with E-state index in [4.69, 9.17) is 5.26 Å². The van der Waals surface area contributed by atoms with Crippen molar-refractivity contribution in [1.29, 1.82) is 5.26 Å². The van der Waals surface area contributed by atoms with E-state index in [1.165, 1.54) is 17.4 Å². The summed E-state index contributed by atoms with van der Waals surface area (Å²) in [5, 5.41) is 12.5. The molecular formula is C11H15N5O. The van der Waals surface area contributed by atoms with Crippen molar-refractivity contribution in [1.82, 2.24) is 19.7 Å². The molecule has 1 aliphatic rings. The fraction of sp³-hybridized carbons (Fsp3) is 0.636. The average Bonchev–Trinajstić information content (AvgIpc) is 2.77. The average molecular weight is 233 g/mol. The van der Waals surface area contributed by atoms with Crippen molar-refractivity contribution < 1.29 is 4.79 Å². The van der Waals surface area contributed by atoms with Gasteiger partial charge in [0.15, 0.2) is 0 Å². The molecule has 0 spiro atoms. The van der Waals surface area contributed by atoms with Gasteiger partial charge < -0.3 is 4.90 Å². The van der Waals surface area contributed by atoms with Gasteiger partial charge >= 0.3 is 0 Å². The minimum Gasteiger partial charge on any atom is -0.341 e. The highest BCUT2D eigenvalue weighted by Gasteiger charge is 2.21. The Kier molecular flexibility index (Phi) is 3.38. The van der Waals surface area contributed by atoms with Crippen LogP contribution in [0.5, 0.6) is 0 Å². The molecule has 1 aliphatic heterocycles. The van der Waals surface area contributed by atoms with E-state index in [1.807, 2.05) is 11.0 Å². The van der Waals surface area contributed by atoms with Crippen LogP contribution in [0.3, 0.4) is 0 Å². The van der Waals surface area contributed by atoms with Crippen LogP contribution in [-0.4, -0.2) is 38.7 Å². The molecule has 90 valence electrons. The molecule has 0 saturated carbocycles. The Morgan fingerprint density at radius 2 is 2.53 bits per heavy atom. The van der Waals surface area contributed by atoms with Gasteiger partial charge in [0.2, 0.25) is 5.91 Å². The van der Waals surface area contributed by atoms with Crippen LogP contribution in [0.25, 0.3) is 0 Å². The normalized spacial score (nSPS) is 20.0. The molecule has 2 heterocycles. The first-order valence-electron chi connectivity index (χ1n) is 5.76. The Balaban J connectivity index is 1.94. The van der Waals surface area contributed by atoms with Gasteiger partial charge in [-0.1, -0.05) is 6.92 Å². The van der Waals surface area contributed by atoms with Crippen LogP contribution in [0.2, 0.25) is 0 Å². The first kappa shape index (κ1) is 11.6. The second-order valence-electron chi connectivity index (χ2n) is 4.46. The van der Waals surface area contributed by atoms with Crippen molar-refractivity contribution in [3.05, 3.63) is 12.2 Å². The Morgan fingerprint density at radius 3 is 3.18 bits per heavy atom. The second-order valence-corrected chi connectivity index (χ2v) is 4.46. The molecule has 1 aromatic heterocycles. The highest BCUT2D eigenvalue weighted by molar-refractivity contribution is 5.75. The zero-order chi connectivity index (χ0) is 12.3. The van der Waals surface area contributed by atoms with E-state index in [9.17, 15) is 4.79 Å². The number of rotatable bonds is 2. The summed E-state index contributed by atoms with van der Waals surface area (Å²) in [4.78, 5) is 17.6. The molecule has 1 saturated heterocycles. The van der Waals surface area contributed by atoms with E-state index in [1.54, 1.807) is 0 Å². The summed E-state index contributed by atoms with van der Waals surface area (Å²) in [6, 6.07) is 1.84. The van der Waals surface area contributed by atoms with Gasteiger partial charge in [0.1, 0.15) is 18.9 Å². The Bertz CT molecular complexity index is 447. The number of hydrogen-bond acceptors (Lipinski definition) is 4. The van der Waals surface area contributed by atoms with Crippen LogP contribution in [-0.2, 0) is 11.3 Å². The smallest absolute Gasteiger partial charge is 0.252 e. The largest absolute Gasteiger partial charge is 0.341 e. The molecule has 17 heavy (non-hydrogen) atoms. The van der Waals surface area contributed by atoms with Gasteiger partial charge in [0.05, 0.1) is 0 Å². The van der Waals surface area contributed by atoms with Crippen molar-refractivity contribution in [2.45, 2.75) is 26.3 Å². The maximum atomic E-state index is 12.0. The molecule has 0 radical (unpaired) electrons. The van der Waals surface area contributed by atoms with Gasteiger partial charge in [-0.15, -0.1) is 5.10 Å². The number of nitrogens with zero attached hydrogens (tertiary/aromatic N) is 5. The number of likely N-dealkylation sites (tertiary alicyclic amines) is 1. The maximum Gasteiger partial charge on any atom is 0.252 e. The first-order chi connectivity index (χ1) is 8.19. The summed E-state index contributed by atoms with van der Waals surface area (Å²) >= 11 is 0. The van der Waals surface area contributed by atoms with Crippen LogP contribution in [0, 0.1) is 17.2 Å². The number of hydrogen-bond donors (Lipinski definition) is 0. The third kappa shape index (κ3) is 2.81. The highest BCUT2D eigenvalue weighted by Crippen LogP contribution is 2.15. The monoisotopic (exact) mass is 233 g/mol. The molecule has 1 atom stereocenters. The Morgan fingerprint density at radius 1 is 1.71 bits per heavy atom. The molecule has 6 heteroatoms. The molecule has 6 nitrogen and oxygen atoms in total. The molecular weight excluding hydrogens is 218 g/mol. The summed E-state index contributed by atoms with van der Waals surface area (Å²) < 4.78 is 1.42. The number of piperidine rings is 1. The van der Waals surface area contributed by atoms with Crippen molar-refractivity contribution in [3.63, 3.8) is 0 Å². The SMILES string of the molecule is C[C@H]1CCCN(C(=O)Cn2cnc(C#N)n2)C1. The molecule has 0 N–H and O–H groups in total. The molecule has 1 amide bonds. The van der Waals surface area contributed by atoms with Crippen LogP contribution in [0.1, 0.15) is 25.6 Å². The first-order valence-corrected chi connectivity index (χ1v) is 5.76. The molecule has 1 aromatic rings. The summed E-state index contributed by atoms with van der Waals surface area (Å²) in [5.74, 6) is 0.717. The summed E-state index contributed by atoms with van der Waals surface area (Å²) in [6.45, 7) is 3.96. The van der Waals surface area contributed by atoms with Gasteiger partial charge in [0.25, 0.3) is 5.82 Å². The van der Waals surface area contributed by atoms with Gasteiger partial charge in [-0.25, -0.2) is 9.67 Å². The summed E-state index contributed by atoms with van der Waals surface area (Å²) in [7, 11) is 0. The van der Waals surface area contributed by atoms with E-state index in [0.717, 1.165) is 19.5 Å². The van der Waals surface area contributed by atoms with Crippen molar-refractivity contribution >= 4 is 5.91 Å². The van der Waals surface area contributed by atoms with E-state index in [0.29, 0.717) is 5.92 Å². The fourth-order valence-electron chi connectivity index (χ4n) is 2.08. The zero-order valence-electron chi connectivity index (χ0n) is 9.83. The fourth-order valence-corrected chi connectivity index (χ4v) is 2.08.